The summed E-state index contributed by atoms with van der Waals surface area (Å²) >= 11 is 5.93. The smallest absolute Gasteiger partial charge is 0.342 e. The molecule has 0 aliphatic rings. The molecule has 1 heterocycles. The van der Waals surface area contributed by atoms with Gasteiger partial charge in [-0.25, -0.2) is 4.79 Å². The van der Waals surface area contributed by atoms with E-state index in [0.717, 1.165) is 11.1 Å². The van der Waals surface area contributed by atoms with Gasteiger partial charge in [0.05, 0.1) is 7.11 Å². The molecular formula is C19H16ClNO4. The first-order chi connectivity index (χ1) is 12.1. The van der Waals surface area contributed by atoms with Crippen LogP contribution in [-0.4, -0.2) is 18.2 Å². The van der Waals surface area contributed by atoms with Crippen molar-refractivity contribution in [3.8, 4) is 17.1 Å². The second-order valence-electron chi connectivity index (χ2n) is 5.47. The molecule has 0 saturated carbocycles. The maximum Gasteiger partial charge on any atom is 0.342 e. The number of ether oxygens (including phenoxy) is 2. The fourth-order valence-corrected chi connectivity index (χ4v) is 2.46. The Morgan fingerprint density at radius 2 is 1.92 bits per heavy atom. The summed E-state index contributed by atoms with van der Waals surface area (Å²) < 4.78 is 15.7. The van der Waals surface area contributed by atoms with Gasteiger partial charge in [0.25, 0.3) is 0 Å². The van der Waals surface area contributed by atoms with E-state index >= 15 is 0 Å². The third-order valence-electron chi connectivity index (χ3n) is 3.63. The lowest BCUT2D eigenvalue weighted by Crippen LogP contribution is -2.07. The summed E-state index contributed by atoms with van der Waals surface area (Å²) in [4.78, 5) is 12.2. The monoisotopic (exact) mass is 357 g/mol. The van der Waals surface area contributed by atoms with Gasteiger partial charge in [0, 0.05) is 16.7 Å². The summed E-state index contributed by atoms with van der Waals surface area (Å²) in [5.41, 5.74) is 2.85. The second kappa shape index (κ2) is 7.40. The largest absolute Gasteiger partial charge is 0.496 e. The number of nitrogens with zero attached hydrogens (tertiary/aromatic N) is 1. The van der Waals surface area contributed by atoms with Crippen LogP contribution >= 0.6 is 11.6 Å². The van der Waals surface area contributed by atoms with Crippen molar-refractivity contribution < 1.29 is 18.8 Å². The van der Waals surface area contributed by atoms with Gasteiger partial charge in [0.2, 0.25) is 0 Å². The Hall–Kier alpha value is -2.79. The zero-order chi connectivity index (χ0) is 17.8. The molecule has 0 aliphatic carbocycles. The highest BCUT2D eigenvalue weighted by Crippen LogP contribution is 2.24. The Bertz CT molecular complexity index is 887. The third kappa shape index (κ3) is 4.00. The van der Waals surface area contributed by atoms with E-state index in [9.17, 15) is 4.79 Å². The highest BCUT2D eigenvalue weighted by atomic mass is 35.5. The van der Waals surface area contributed by atoms with Gasteiger partial charge in [-0.3, -0.25) is 0 Å². The molecule has 0 saturated heterocycles. The molecule has 0 unspecified atom stereocenters. The number of rotatable bonds is 5. The van der Waals surface area contributed by atoms with Crippen LogP contribution in [0.4, 0.5) is 0 Å². The molecule has 0 atom stereocenters. The van der Waals surface area contributed by atoms with Crippen molar-refractivity contribution in [1.82, 2.24) is 5.16 Å². The van der Waals surface area contributed by atoms with Crippen molar-refractivity contribution in [1.29, 1.82) is 0 Å². The average Bonchev–Trinajstić information content (AvgIpc) is 3.09. The molecular weight excluding hydrogens is 342 g/mol. The normalized spacial score (nSPS) is 10.5. The van der Waals surface area contributed by atoms with Gasteiger partial charge >= 0.3 is 5.97 Å². The number of hydrogen-bond donors (Lipinski definition) is 0. The quantitative estimate of drug-likeness (QED) is 0.621. The van der Waals surface area contributed by atoms with Crippen molar-refractivity contribution in [2.75, 3.05) is 7.11 Å². The van der Waals surface area contributed by atoms with E-state index in [-0.39, 0.29) is 12.2 Å². The van der Waals surface area contributed by atoms with E-state index in [1.165, 1.54) is 13.2 Å². The molecule has 5 nitrogen and oxygen atoms in total. The van der Waals surface area contributed by atoms with Crippen molar-refractivity contribution in [2.24, 2.45) is 0 Å². The summed E-state index contributed by atoms with van der Waals surface area (Å²) in [6.45, 7) is 2.00. The molecule has 25 heavy (non-hydrogen) atoms. The molecule has 0 spiro atoms. The highest BCUT2D eigenvalue weighted by molar-refractivity contribution is 6.31. The van der Waals surface area contributed by atoms with Crippen LogP contribution in [-0.2, 0) is 11.3 Å². The Balaban J connectivity index is 1.69. The molecule has 3 rings (SSSR count). The van der Waals surface area contributed by atoms with E-state index in [2.05, 4.69) is 5.16 Å². The van der Waals surface area contributed by atoms with Crippen LogP contribution in [0.15, 0.2) is 53.1 Å². The van der Waals surface area contributed by atoms with Crippen LogP contribution in [0.25, 0.3) is 11.3 Å². The lowest BCUT2D eigenvalue weighted by molar-refractivity contribution is 0.0460. The van der Waals surface area contributed by atoms with E-state index in [1.807, 2.05) is 31.2 Å². The number of carbonyl (C=O) groups excluding carboxylic acids is 1. The molecule has 2 aromatic carbocycles. The van der Waals surface area contributed by atoms with Gasteiger partial charge in [-0.2, -0.15) is 0 Å². The number of hydrogen-bond acceptors (Lipinski definition) is 5. The highest BCUT2D eigenvalue weighted by Gasteiger charge is 2.16. The Morgan fingerprint density at radius 1 is 1.16 bits per heavy atom. The van der Waals surface area contributed by atoms with Crippen LogP contribution < -0.4 is 4.74 Å². The van der Waals surface area contributed by atoms with Gasteiger partial charge in [-0.1, -0.05) is 46.6 Å². The van der Waals surface area contributed by atoms with Crippen LogP contribution in [0.2, 0.25) is 5.02 Å². The van der Waals surface area contributed by atoms with Crippen LogP contribution in [0.3, 0.4) is 0 Å². The first-order valence-electron chi connectivity index (χ1n) is 7.60. The molecule has 6 heteroatoms. The predicted octanol–water partition coefficient (Wildman–Crippen LogP) is 4.67. The maximum absolute atomic E-state index is 12.2. The average molecular weight is 358 g/mol. The van der Waals surface area contributed by atoms with Crippen molar-refractivity contribution >= 4 is 17.6 Å². The maximum atomic E-state index is 12.2. The van der Waals surface area contributed by atoms with Gasteiger partial charge in [0.15, 0.2) is 5.76 Å². The standard InChI is InChI=1S/C19H16ClNO4/c1-12-3-5-13(6-4-12)18-10-15(21-25-18)11-24-19(22)16-9-14(20)7-8-17(16)23-2/h3-10H,11H2,1-2H3. The molecule has 0 N–H and O–H groups in total. The summed E-state index contributed by atoms with van der Waals surface area (Å²) in [5, 5.41) is 4.36. The summed E-state index contributed by atoms with van der Waals surface area (Å²) in [6, 6.07) is 14.4. The van der Waals surface area contributed by atoms with E-state index < -0.39 is 5.97 Å². The minimum Gasteiger partial charge on any atom is -0.496 e. The number of aryl methyl sites for hydroxylation is 1. The Kier molecular flexibility index (Phi) is 5.05. The van der Waals surface area contributed by atoms with Crippen LogP contribution in [0.1, 0.15) is 21.6 Å². The van der Waals surface area contributed by atoms with Gasteiger partial charge in [-0.05, 0) is 25.1 Å². The zero-order valence-electron chi connectivity index (χ0n) is 13.8. The molecule has 0 bridgehead atoms. The molecule has 128 valence electrons. The van der Waals surface area contributed by atoms with E-state index in [0.29, 0.717) is 22.2 Å². The SMILES string of the molecule is COc1ccc(Cl)cc1C(=O)OCc1cc(-c2ccc(C)cc2)on1. The molecule has 1 aromatic heterocycles. The predicted molar refractivity (Wildman–Crippen MR) is 93.8 cm³/mol. The van der Waals surface area contributed by atoms with Gasteiger partial charge in [-0.15, -0.1) is 0 Å². The number of carbonyl (C=O) groups is 1. The van der Waals surface area contributed by atoms with Gasteiger partial charge in [0.1, 0.15) is 23.6 Å². The fraction of sp³-hybridized carbons (Fsp3) is 0.158. The van der Waals surface area contributed by atoms with Crippen molar-refractivity contribution in [2.45, 2.75) is 13.5 Å². The first-order valence-corrected chi connectivity index (χ1v) is 7.98. The van der Waals surface area contributed by atoms with Gasteiger partial charge < -0.3 is 14.0 Å². The lowest BCUT2D eigenvalue weighted by Gasteiger charge is -2.08. The summed E-state index contributed by atoms with van der Waals surface area (Å²) in [6.07, 6.45) is 0. The van der Waals surface area contributed by atoms with E-state index in [4.69, 9.17) is 25.6 Å². The number of aromatic nitrogens is 1. The Morgan fingerprint density at radius 3 is 2.64 bits per heavy atom. The second-order valence-corrected chi connectivity index (χ2v) is 5.91. The topological polar surface area (TPSA) is 61.6 Å². The Labute approximate surface area is 150 Å². The third-order valence-corrected chi connectivity index (χ3v) is 3.86. The summed E-state index contributed by atoms with van der Waals surface area (Å²) in [5.74, 6) is 0.473. The number of halogens is 1. The van der Waals surface area contributed by atoms with Crippen molar-refractivity contribution in [3.05, 3.63) is 70.4 Å². The lowest BCUT2D eigenvalue weighted by atomic mass is 10.1. The molecule has 0 fully saturated rings. The molecule has 3 aromatic rings. The van der Waals surface area contributed by atoms with Crippen LogP contribution in [0, 0.1) is 6.92 Å². The molecule has 0 amide bonds. The van der Waals surface area contributed by atoms with Crippen LogP contribution in [0.5, 0.6) is 5.75 Å². The number of benzene rings is 2. The zero-order valence-corrected chi connectivity index (χ0v) is 14.5. The molecule has 0 aliphatic heterocycles. The minimum absolute atomic E-state index is 0.0101. The first kappa shape index (κ1) is 17.0. The number of esters is 1. The fourth-order valence-electron chi connectivity index (χ4n) is 2.29. The number of methoxy groups -OCH3 is 1. The van der Waals surface area contributed by atoms with Crippen molar-refractivity contribution in [3.63, 3.8) is 0 Å². The minimum atomic E-state index is -0.542. The van der Waals surface area contributed by atoms with E-state index in [1.54, 1.807) is 18.2 Å². The summed E-state index contributed by atoms with van der Waals surface area (Å²) in [7, 11) is 1.48. The molecule has 0 radical (unpaired) electrons.